The van der Waals surface area contributed by atoms with Gasteiger partial charge in [-0.2, -0.15) is 10.5 Å². The van der Waals surface area contributed by atoms with Crippen LogP contribution in [0.2, 0.25) is 0 Å². The minimum Gasteiger partial charge on any atom is -0.306 e. The van der Waals surface area contributed by atoms with Gasteiger partial charge in [-0.05, 0) is 68.1 Å². The fraction of sp³-hybridized carbons (Fsp3) is 0.579. The number of rotatable bonds is 1. The highest BCUT2D eigenvalue weighted by Crippen LogP contribution is 2.37. The molecule has 22 heavy (non-hydrogen) atoms. The van der Waals surface area contributed by atoms with Crippen molar-refractivity contribution in [1.82, 2.24) is 0 Å². The van der Waals surface area contributed by atoms with Crippen LogP contribution < -0.4 is 4.90 Å². The molecule has 0 aromatic heterocycles. The lowest BCUT2D eigenvalue weighted by atomic mass is 9.77. The van der Waals surface area contributed by atoms with E-state index in [-0.39, 0.29) is 0 Å². The summed E-state index contributed by atoms with van der Waals surface area (Å²) in [4.78, 5) is 1.67. The molecule has 0 radical (unpaired) electrons. The summed E-state index contributed by atoms with van der Waals surface area (Å²) >= 11 is 0. The van der Waals surface area contributed by atoms with E-state index in [0.29, 0.717) is 11.5 Å². The summed E-state index contributed by atoms with van der Waals surface area (Å²) in [5, 5.41) is 18.2. The molecule has 1 atom stereocenters. The van der Waals surface area contributed by atoms with Crippen LogP contribution >= 0.6 is 0 Å². The van der Waals surface area contributed by atoms with Gasteiger partial charge in [0.1, 0.15) is 23.4 Å². The fourth-order valence-corrected chi connectivity index (χ4v) is 4.08. The highest BCUT2D eigenvalue weighted by molar-refractivity contribution is 5.49. The maximum Gasteiger partial charge on any atom is 0.132 e. The number of quaternary nitrogens is 1. The first-order chi connectivity index (χ1) is 10.8. The zero-order valence-electron chi connectivity index (χ0n) is 13.2. The second-order valence-electron chi connectivity index (χ2n) is 6.73. The van der Waals surface area contributed by atoms with Gasteiger partial charge in [-0.3, -0.25) is 0 Å². The van der Waals surface area contributed by atoms with Gasteiger partial charge in [-0.15, -0.1) is 0 Å². The molecular weight excluding hydrogens is 270 g/mol. The van der Waals surface area contributed by atoms with Gasteiger partial charge in [0, 0.05) is 6.42 Å². The monoisotopic (exact) mass is 294 g/mol. The van der Waals surface area contributed by atoms with Crippen molar-refractivity contribution in [3.05, 3.63) is 34.6 Å². The first kappa shape index (κ1) is 15.1. The van der Waals surface area contributed by atoms with Crippen molar-refractivity contribution in [2.24, 2.45) is 5.92 Å². The summed E-state index contributed by atoms with van der Waals surface area (Å²) in [7, 11) is 0. The Bertz CT molecular complexity index is 586. The lowest BCUT2D eigenvalue weighted by molar-refractivity contribution is -0.861. The van der Waals surface area contributed by atoms with Gasteiger partial charge in [0.25, 0.3) is 0 Å². The van der Waals surface area contributed by atoms with E-state index in [1.807, 2.05) is 12.1 Å². The Balaban J connectivity index is 1.87. The molecule has 1 saturated heterocycles. The molecule has 0 amide bonds. The minimum atomic E-state index is 0.300. The van der Waals surface area contributed by atoms with Crippen molar-refractivity contribution < 1.29 is 4.90 Å². The smallest absolute Gasteiger partial charge is 0.132 e. The molecule has 1 heterocycles. The average Bonchev–Trinajstić information content (AvgIpc) is 2.84. The van der Waals surface area contributed by atoms with Crippen LogP contribution in [0.25, 0.3) is 0 Å². The van der Waals surface area contributed by atoms with Crippen LogP contribution in [0.3, 0.4) is 0 Å². The Morgan fingerprint density at radius 1 is 0.955 bits per heavy atom. The molecule has 0 saturated carbocycles. The molecule has 0 unspecified atom stereocenters. The zero-order chi connectivity index (χ0) is 15.4. The van der Waals surface area contributed by atoms with Crippen molar-refractivity contribution in [3.63, 3.8) is 0 Å². The van der Waals surface area contributed by atoms with Crippen LogP contribution in [-0.2, 0) is 0 Å². The standard InChI is InChI=1S/C19H23N3/c20-13-18(14-21)16-6-5-15-7-8-19(12-17(15)11-16)22-9-3-1-2-4-10-22/h11-12,15H,1-10H2/p+1/t15-/m0/s1. The average molecular weight is 294 g/mol. The number of hydrogen-bond donors (Lipinski definition) is 1. The number of fused-ring (bicyclic) bond motifs is 1. The summed E-state index contributed by atoms with van der Waals surface area (Å²) < 4.78 is 0. The van der Waals surface area contributed by atoms with Crippen LogP contribution in [0.1, 0.15) is 51.4 Å². The second-order valence-corrected chi connectivity index (χ2v) is 6.73. The maximum atomic E-state index is 9.08. The third kappa shape index (κ3) is 3.16. The first-order valence-electron chi connectivity index (χ1n) is 8.62. The van der Waals surface area contributed by atoms with Crippen molar-refractivity contribution >= 4 is 0 Å². The highest BCUT2D eigenvalue weighted by Gasteiger charge is 2.28. The van der Waals surface area contributed by atoms with Crippen molar-refractivity contribution in [1.29, 1.82) is 10.5 Å². The topological polar surface area (TPSA) is 52.0 Å². The molecular formula is C19H24N3+. The van der Waals surface area contributed by atoms with Crippen LogP contribution in [0.15, 0.2) is 34.6 Å². The largest absolute Gasteiger partial charge is 0.306 e. The van der Waals surface area contributed by atoms with E-state index >= 15 is 0 Å². The highest BCUT2D eigenvalue weighted by atomic mass is 15.1. The Morgan fingerprint density at radius 2 is 1.64 bits per heavy atom. The summed E-state index contributed by atoms with van der Waals surface area (Å²) in [5.41, 5.74) is 4.16. The predicted molar refractivity (Wildman–Crippen MR) is 85.5 cm³/mol. The van der Waals surface area contributed by atoms with Crippen LogP contribution in [0.5, 0.6) is 0 Å². The molecule has 114 valence electrons. The zero-order valence-corrected chi connectivity index (χ0v) is 13.2. The predicted octanol–water partition coefficient (Wildman–Crippen LogP) is 2.80. The molecule has 3 heteroatoms. The van der Waals surface area contributed by atoms with Gasteiger partial charge in [0.2, 0.25) is 0 Å². The third-order valence-corrected chi connectivity index (χ3v) is 5.38. The third-order valence-electron chi connectivity index (χ3n) is 5.38. The minimum absolute atomic E-state index is 0.300. The Kier molecular flexibility index (Phi) is 4.76. The van der Waals surface area contributed by atoms with Crippen molar-refractivity contribution in [3.8, 4) is 12.1 Å². The molecule has 3 aliphatic rings. The lowest BCUT2D eigenvalue weighted by Crippen LogP contribution is -3.10. The van der Waals surface area contributed by atoms with Crippen LogP contribution in [0, 0.1) is 28.6 Å². The number of allylic oxidation sites excluding steroid dienone is 6. The molecule has 2 aliphatic carbocycles. The molecule has 0 spiro atoms. The van der Waals surface area contributed by atoms with Gasteiger partial charge >= 0.3 is 0 Å². The van der Waals surface area contributed by atoms with E-state index in [1.54, 1.807) is 10.6 Å². The number of hydrogen-bond acceptors (Lipinski definition) is 2. The number of likely N-dealkylation sites (tertiary alicyclic amines) is 1. The molecule has 1 N–H and O–H groups in total. The first-order valence-corrected chi connectivity index (χ1v) is 8.62. The summed E-state index contributed by atoms with van der Waals surface area (Å²) in [5.74, 6) is 0.637. The molecule has 0 aromatic carbocycles. The maximum absolute atomic E-state index is 9.08. The lowest BCUT2D eigenvalue weighted by Gasteiger charge is -2.31. The van der Waals surface area contributed by atoms with Gasteiger partial charge in [0.15, 0.2) is 0 Å². The van der Waals surface area contributed by atoms with Crippen LogP contribution in [0.4, 0.5) is 0 Å². The molecule has 3 rings (SSSR count). The summed E-state index contributed by atoms with van der Waals surface area (Å²) in [6.45, 7) is 2.54. The Labute approximate surface area is 133 Å². The quantitative estimate of drug-likeness (QED) is 0.756. The molecule has 1 aliphatic heterocycles. The normalized spacial score (nSPS) is 25.9. The van der Waals surface area contributed by atoms with Gasteiger partial charge in [-0.25, -0.2) is 0 Å². The van der Waals surface area contributed by atoms with Gasteiger partial charge in [-0.1, -0.05) is 6.08 Å². The van der Waals surface area contributed by atoms with Crippen molar-refractivity contribution in [2.45, 2.75) is 51.4 Å². The van der Waals surface area contributed by atoms with Gasteiger partial charge in [0.05, 0.1) is 13.1 Å². The molecule has 0 bridgehead atoms. The van der Waals surface area contributed by atoms with E-state index in [1.165, 1.54) is 57.2 Å². The second kappa shape index (κ2) is 6.95. The van der Waals surface area contributed by atoms with Crippen molar-refractivity contribution in [2.75, 3.05) is 13.1 Å². The number of nitrogens with one attached hydrogen (secondary N) is 1. The molecule has 3 nitrogen and oxygen atoms in total. The SMILES string of the molecule is N#CC(C#N)=C1C=C2C=C([NH+]3CCCCCC3)CC[C@@H]2CC1. The summed E-state index contributed by atoms with van der Waals surface area (Å²) in [6.07, 6.45) is 14.4. The Hall–Kier alpha value is -1.84. The Morgan fingerprint density at radius 3 is 2.32 bits per heavy atom. The van der Waals surface area contributed by atoms with Crippen LogP contribution in [-0.4, -0.2) is 13.1 Å². The van der Waals surface area contributed by atoms with E-state index < -0.39 is 0 Å². The van der Waals surface area contributed by atoms with E-state index in [9.17, 15) is 0 Å². The summed E-state index contributed by atoms with van der Waals surface area (Å²) in [6, 6.07) is 4.10. The van der Waals surface area contributed by atoms with Gasteiger partial charge < -0.3 is 4.90 Å². The van der Waals surface area contributed by atoms with E-state index in [2.05, 4.69) is 12.2 Å². The van der Waals surface area contributed by atoms with E-state index in [4.69, 9.17) is 10.5 Å². The number of nitrogens with zero attached hydrogens (tertiary/aromatic N) is 2. The molecule has 1 fully saturated rings. The van der Waals surface area contributed by atoms with E-state index in [0.717, 1.165) is 18.4 Å². The number of nitriles is 2. The molecule has 0 aromatic rings. The fourth-order valence-electron chi connectivity index (χ4n) is 4.08.